The van der Waals surface area contributed by atoms with Crippen LogP contribution in [0, 0.1) is 34.5 Å². The Kier molecular flexibility index (Phi) is 5.95. The number of hydrogen-bond donors (Lipinski definition) is 0. The van der Waals surface area contributed by atoms with Gasteiger partial charge in [-0.3, -0.25) is 19.2 Å². The van der Waals surface area contributed by atoms with E-state index in [0.717, 1.165) is 0 Å². The molecule has 0 aliphatic heterocycles. The van der Waals surface area contributed by atoms with E-state index in [1.165, 1.54) is 6.08 Å². The van der Waals surface area contributed by atoms with E-state index in [1.807, 2.05) is 20.8 Å². The molecular formula is C26H34ClFO5. The Labute approximate surface area is 199 Å². The maximum atomic E-state index is 17.2. The molecule has 5 nitrogen and oxygen atoms in total. The highest BCUT2D eigenvalue weighted by atomic mass is 35.5. The smallest absolute Gasteiger partial charge is 0.306 e. The van der Waals surface area contributed by atoms with Crippen LogP contribution in [0.2, 0.25) is 0 Å². The molecule has 33 heavy (non-hydrogen) atoms. The second-order valence-electron chi connectivity index (χ2n) is 11.2. The molecule has 0 heterocycles. The highest BCUT2D eigenvalue weighted by Crippen LogP contribution is 2.70. The predicted octanol–water partition coefficient (Wildman–Crippen LogP) is 4.78. The highest BCUT2D eigenvalue weighted by molar-refractivity contribution is 6.29. The molecule has 3 fully saturated rings. The Morgan fingerprint density at radius 3 is 2.55 bits per heavy atom. The number of rotatable bonds is 5. The molecule has 4 aliphatic rings. The fraction of sp³-hybridized carbons (Fsp3) is 0.769. The van der Waals surface area contributed by atoms with Crippen molar-refractivity contribution in [2.45, 2.75) is 83.9 Å². The lowest BCUT2D eigenvalue weighted by Crippen LogP contribution is -2.69. The van der Waals surface area contributed by atoms with E-state index in [2.05, 4.69) is 0 Å². The van der Waals surface area contributed by atoms with Crippen LogP contribution in [-0.2, 0) is 23.9 Å². The first-order valence-corrected chi connectivity index (χ1v) is 12.7. The third-order valence-electron chi connectivity index (χ3n) is 9.68. The number of allylic oxidation sites excluding steroid dienone is 2. The fourth-order valence-electron chi connectivity index (χ4n) is 8.09. The van der Waals surface area contributed by atoms with Gasteiger partial charge in [-0.1, -0.05) is 33.8 Å². The van der Waals surface area contributed by atoms with Crippen LogP contribution in [0.25, 0.3) is 0 Å². The molecule has 8 atom stereocenters. The summed E-state index contributed by atoms with van der Waals surface area (Å²) in [6.07, 6.45) is 5.41. The van der Waals surface area contributed by atoms with E-state index < -0.39 is 45.6 Å². The first kappa shape index (κ1) is 24.6. The van der Waals surface area contributed by atoms with Crippen LogP contribution >= 0.6 is 11.6 Å². The largest absolute Gasteiger partial charge is 0.450 e. The van der Waals surface area contributed by atoms with Crippen LogP contribution in [0.5, 0.6) is 0 Å². The summed E-state index contributed by atoms with van der Waals surface area (Å²) in [6, 6.07) is 0. The molecule has 3 unspecified atom stereocenters. The first-order chi connectivity index (χ1) is 15.4. The van der Waals surface area contributed by atoms with Crippen LogP contribution < -0.4 is 0 Å². The van der Waals surface area contributed by atoms with E-state index in [9.17, 15) is 19.2 Å². The Bertz CT molecular complexity index is 932. The Morgan fingerprint density at radius 2 is 1.91 bits per heavy atom. The van der Waals surface area contributed by atoms with Gasteiger partial charge < -0.3 is 4.74 Å². The summed E-state index contributed by atoms with van der Waals surface area (Å²) in [7, 11) is 0. The van der Waals surface area contributed by atoms with Gasteiger partial charge in [-0.05, 0) is 43.6 Å². The summed E-state index contributed by atoms with van der Waals surface area (Å²) in [5.74, 6) is -3.35. The Morgan fingerprint density at radius 1 is 1.21 bits per heavy atom. The normalized spacial score (nSPS) is 46.4. The fourth-order valence-corrected chi connectivity index (χ4v) is 8.29. The lowest BCUT2D eigenvalue weighted by molar-refractivity contribution is -0.208. The van der Waals surface area contributed by atoms with Gasteiger partial charge in [0.1, 0.15) is 0 Å². The maximum absolute atomic E-state index is 17.2. The Hall–Kier alpha value is -1.56. The van der Waals surface area contributed by atoms with Gasteiger partial charge in [0.15, 0.2) is 28.6 Å². The predicted molar refractivity (Wildman–Crippen MR) is 121 cm³/mol. The number of carbonyl (C=O) groups is 4. The van der Waals surface area contributed by atoms with Gasteiger partial charge in [-0.25, -0.2) is 4.39 Å². The van der Waals surface area contributed by atoms with Gasteiger partial charge in [0.2, 0.25) is 0 Å². The lowest BCUT2D eigenvalue weighted by atomic mass is 9.43. The number of halogens is 2. The van der Waals surface area contributed by atoms with Gasteiger partial charge in [0.25, 0.3) is 0 Å². The highest BCUT2D eigenvalue weighted by Gasteiger charge is 2.77. The number of Topliss-reactive ketones (excluding diaryl/α,β-unsaturated/α-hetero) is 2. The second kappa shape index (κ2) is 8.00. The molecule has 0 bridgehead atoms. The van der Waals surface area contributed by atoms with Crippen molar-refractivity contribution in [3.63, 3.8) is 0 Å². The van der Waals surface area contributed by atoms with Gasteiger partial charge in [0, 0.05) is 41.9 Å². The van der Waals surface area contributed by atoms with Crippen molar-refractivity contribution in [1.82, 2.24) is 0 Å². The standard InChI is InChI=1S/C26H34ClFO5/c1-5-6-22(32)33-26(21(31)14-27)15(2)11-19-18-8-7-16-12-17(29)9-10-23(16,3)25(18,28)20(30)13-24(19,26)4/h9-10,15-16,18-19H,5-8,11-14H2,1-4H3/t15-,16?,18+,19?,23+,24+,25?,26+/m1/s1. The van der Waals surface area contributed by atoms with E-state index in [0.29, 0.717) is 25.7 Å². The zero-order valence-electron chi connectivity index (χ0n) is 19.9. The summed E-state index contributed by atoms with van der Waals surface area (Å²) in [6.45, 7) is 7.29. The summed E-state index contributed by atoms with van der Waals surface area (Å²) in [5, 5.41) is 0. The van der Waals surface area contributed by atoms with Gasteiger partial charge in [-0.2, -0.15) is 0 Å². The van der Waals surface area contributed by atoms with Crippen molar-refractivity contribution in [2.75, 3.05) is 5.88 Å². The number of hydrogen-bond acceptors (Lipinski definition) is 5. The number of esters is 1. The molecule has 0 aromatic carbocycles. The maximum Gasteiger partial charge on any atom is 0.306 e. The van der Waals surface area contributed by atoms with Crippen LogP contribution in [0.3, 0.4) is 0 Å². The van der Waals surface area contributed by atoms with Gasteiger partial charge >= 0.3 is 5.97 Å². The molecular weight excluding hydrogens is 447 g/mol. The van der Waals surface area contributed by atoms with Crippen molar-refractivity contribution in [3.8, 4) is 0 Å². The van der Waals surface area contributed by atoms with E-state index in [-0.39, 0.29) is 48.7 Å². The molecule has 4 rings (SSSR count). The SMILES string of the molecule is CCCC(=O)O[C@]1(C(=O)CCl)[C@H](C)CC2[C@@H]3CCC4CC(=O)C=C[C@]4(C)C3(F)C(=O)C[C@@]21C. The minimum atomic E-state index is -2.12. The molecule has 0 amide bonds. The van der Waals surface area contributed by atoms with Crippen molar-refractivity contribution >= 4 is 34.9 Å². The monoisotopic (exact) mass is 480 g/mol. The van der Waals surface area contributed by atoms with Crippen molar-refractivity contribution in [2.24, 2.45) is 34.5 Å². The number of ether oxygens (including phenoxy) is 1. The summed E-state index contributed by atoms with van der Waals surface area (Å²) in [4.78, 5) is 51.8. The van der Waals surface area contributed by atoms with Crippen molar-refractivity contribution in [3.05, 3.63) is 12.2 Å². The molecule has 182 valence electrons. The molecule has 0 spiro atoms. The number of alkyl halides is 2. The molecule has 4 aliphatic carbocycles. The minimum Gasteiger partial charge on any atom is -0.450 e. The summed E-state index contributed by atoms with van der Waals surface area (Å²) >= 11 is 6.03. The third kappa shape index (κ3) is 3.01. The quantitative estimate of drug-likeness (QED) is 0.418. The van der Waals surface area contributed by atoms with E-state index >= 15 is 4.39 Å². The molecule has 0 radical (unpaired) electrons. The lowest BCUT2D eigenvalue weighted by Gasteiger charge is -2.61. The van der Waals surface area contributed by atoms with E-state index in [4.69, 9.17) is 16.3 Å². The number of ketones is 3. The number of fused-ring (bicyclic) bond motifs is 5. The van der Waals surface area contributed by atoms with Gasteiger partial charge in [0.05, 0.1) is 5.88 Å². The van der Waals surface area contributed by atoms with Crippen molar-refractivity contribution < 1.29 is 28.3 Å². The van der Waals surface area contributed by atoms with Crippen LogP contribution in [-0.4, -0.2) is 40.5 Å². The Balaban J connectivity index is 1.83. The molecule has 7 heteroatoms. The second-order valence-corrected chi connectivity index (χ2v) is 11.4. The summed E-state index contributed by atoms with van der Waals surface area (Å²) < 4.78 is 23.2. The van der Waals surface area contributed by atoms with Crippen molar-refractivity contribution in [1.29, 1.82) is 0 Å². The minimum absolute atomic E-state index is 0.0309. The number of carbonyl (C=O) groups excluding carboxylic acids is 4. The van der Waals surface area contributed by atoms with Gasteiger partial charge in [-0.15, -0.1) is 11.6 Å². The summed E-state index contributed by atoms with van der Waals surface area (Å²) in [5.41, 5.74) is -5.76. The topological polar surface area (TPSA) is 77.5 Å². The van der Waals surface area contributed by atoms with Crippen LogP contribution in [0.4, 0.5) is 4.39 Å². The molecule has 0 aromatic rings. The average molecular weight is 481 g/mol. The molecule has 0 saturated heterocycles. The van der Waals surface area contributed by atoms with Crippen LogP contribution in [0.15, 0.2) is 12.2 Å². The van der Waals surface area contributed by atoms with Crippen LogP contribution in [0.1, 0.15) is 72.6 Å². The first-order valence-electron chi connectivity index (χ1n) is 12.2. The molecule has 0 N–H and O–H groups in total. The zero-order valence-corrected chi connectivity index (χ0v) is 20.7. The average Bonchev–Trinajstić information content (AvgIpc) is 2.97. The molecule has 3 saturated carbocycles. The zero-order chi connectivity index (χ0) is 24.4. The third-order valence-corrected chi connectivity index (χ3v) is 9.93. The van der Waals surface area contributed by atoms with E-state index in [1.54, 1.807) is 13.0 Å². The molecule has 0 aromatic heterocycles.